The molecular formula is C19H20N4O4S3. The molecule has 3 aromatic rings. The van der Waals surface area contributed by atoms with Crippen LogP contribution in [0.4, 0.5) is 10.8 Å². The fourth-order valence-electron chi connectivity index (χ4n) is 2.54. The minimum absolute atomic E-state index is 0.0901. The van der Waals surface area contributed by atoms with E-state index in [2.05, 4.69) is 15.5 Å². The summed E-state index contributed by atoms with van der Waals surface area (Å²) < 4.78 is 33.7. The van der Waals surface area contributed by atoms with Gasteiger partial charge in [0.15, 0.2) is 4.34 Å². The van der Waals surface area contributed by atoms with Crippen LogP contribution in [0.25, 0.3) is 0 Å². The third-order valence-electron chi connectivity index (χ3n) is 3.88. The topological polar surface area (TPSA) is 101 Å². The van der Waals surface area contributed by atoms with Crippen molar-refractivity contribution < 1.29 is 17.9 Å². The fraction of sp³-hybridized carbons (Fsp3) is 0.211. The Balaban J connectivity index is 1.89. The van der Waals surface area contributed by atoms with Crippen molar-refractivity contribution >= 4 is 49.8 Å². The second-order valence-corrected chi connectivity index (χ2v) is 9.77. The zero-order chi connectivity index (χ0) is 21.6. The van der Waals surface area contributed by atoms with Crippen LogP contribution in [-0.4, -0.2) is 43.9 Å². The number of aromatic nitrogens is 2. The highest BCUT2D eigenvalue weighted by Crippen LogP contribution is 2.27. The molecule has 0 aliphatic rings. The Morgan fingerprint density at radius 3 is 2.43 bits per heavy atom. The number of thioether (sulfide) groups is 1. The summed E-state index contributed by atoms with van der Waals surface area (Å²) >= 11 is 2.63. The maximum Gasteiger partial charge on any atom is 0.264 e. The summed E-state index contributed by atoms with van der Waals surface area (Å²) in [5.74, 6) is 0.0911. The number of anilines is 2. The average Bonchev–Trinajstić information content (AvgIpc) is 3.21. The highest BCUT2D eigenvalue weighted by molar-refractivity contribution is 8.00. The predicted octanol–water partition coefficient (Wildman–Crippen LogP) is 3.49. The van der Waals surface area contributed by atoms with E-state index in [1.807, 2.05) is 13.2 Å². The van der Waals surface area contributed by atoms with Crippen LogP contribution >= 0.6 is 23.1 Å². The van der Waals surface area contributed by atoms with Gasteiger partial charge in [-0.05, 0) is 49.6 Å². The minimum Gasteiger partial charge on any atom is -0.494 e. The van der Waals surface area contributed by atoms with Gasteiger partial charge in [-0.1, -0.05) is 41.3 Å². The lowest BCUT2D eigenvalue weighted by molar-refractivity contribution is -0.114. The lowest BCUT2D eigenvalue weighted by atomic mass is 10.3. The Kier molecular flexibility index (Phi) is 7.29. The summed E-state index contributed by atoms with van der Waals surface area (Å²) in [4.78, 5) is 12.7. The van der Waals surface area contributed by atoms with E-state index in [1.54, 1.807) is 42.5 Å². The van der Waals surface area contributed by atoms with Gasteiger partial charge in [0.1, 0.15) is 12.3 Å². The van der Waals surface area contributed by atoms with Crippen molar-refractivity contribution in [2.75, 3.05) is 29.0 Å². The number of benzene rings is 2. The molecule has 1 N–H and O–H groups in total. The molecule has 2 aromatic carbocycles. The Labute approximate surface area is 183 Å². The van der Waals surface area contributed by atoms with Gasteiger partial charge >= 0.3 is 0 Å². The standard InChI is InChI=1S/C19H20N4O4S3/c1-3-27-15-11-9-14(10-12-15)23(30(25,26)16-7-5-4-6-8-16)13-17(24)20-18-21-22-19(28-2)29-18/h4-12H,3,13H2,1-2H3,(H,20,21,24). The van der Waals surface area contributed by atoms with Crippen molar-refractivity contribution in [1.82, 2.24) is 10.2 Å². The Bertz CT molecular complexity index is 1090. The number of hydrogen-bond donors (Lipinski definition) is 1. The van der Waals surface area contributed by atoms with Crippen molar-refractivity contribution in [1.29, 1.82) is 0 Å². The van der Waals surface area contributed by atoms with Crippen LogP contribution in [-0.2, 0) is 14.8 Å². The molecule has 1 amide bonds. The summed E-state index contributed by atoms with van der Waals surface area (Å²) in [7, 11) is -3.97. The van der Waals surface area contributed by atoms with Gasteiger partial charge in [-0.2, -0.15) is 0 Å². The van der Waals surface area contributed by atoms with Crippen molar-refractivity contribution in [3.05, 3.63) is 54.6 Å². The van der Waals surface area contributed by atoms with Gasteiger partial charge in [-0.3, -0.25) is 14.4 Å². The van der Waals surface area contributed by atoms with E-state index in [1.165, 1.54) is 35.2 Å². The van der Waals surface area contributed by atoms with E-state index >= 15 is 0 Å². The number of ether oxygens (including phenoxy) is 1. The molecular weight excluding hydrogens is 444 g/mol. The summed E-state index contributed by atoms with van der Waals surface area (Å²) in [5, 5.41) is 10.7. The molecule has 0 unspecified atom stereocenters. The normalized spacial score (nSPS) is 11.1. The van der Waals surface area contributed by atoms with Crippen molar-refractivity contribution in [2.24, 2.45) is 0 Å². The minimum atomic E-state index is -3.97. The van der Waals surface area contributed by atoms with Crippen molar-refractivity contribution in [2.45, 2.75) is 16.2 Å². The molecule has 0 bridgehead atoms. The number of nitrogens with one attached hydrogen (secondary N) is 1. The number of nitrogens with zero attached hydrogens (tertiary/aromatic N) is 3. The van der Waals surface area contributed by atoms with Crippen LogP contribution in [0.2, 0.25) is 0 Å². The Morgan fingerprint density at radius 2 is 1.83 bits per heavy atom. The second kappa shape index (κ2) is 9.92. The first kappa shape index (κ1) is 22.1. The monoisotopic (exact) mass is 464 g/mol. The molecule has 30 heavy (non-hydrogen) atoms. The molecule has 0 saturated heterocycles. The van der Waals surface area contributed by atoms with Crippen LogP contribution < -0.4 is 14.4 Å². The van der Waals surface area contributed by atoms with E-state index in [0.717, 1.165) is 4.31 Å². The summed E-state index contributed by atoms with van der Waals surface area (Å²) in [6, 6.07) is 14.5. The molecule has 0 aliphatic carbocycles. The Morgan fingerprint density at radius 1 is 1.13 bits per heavy atom. The molecule has 1 heterocycles. The first-order valence-corrected chi connectivity index (χ1v) is 12.4. The summed E-state index contributed by atoms with van der Waals surface area (Å²) in [5.41, 5.74) is 0.347. The average molecular weight is 465 g/mol. The zero-order valence-corrected chi connectivity index (χ0v) is 18.8. The number of amides is 1. The van der Waals surface area contributed by atoms with E-state index in [4.69, 9.17) is 4.74 Å². The van der Waals surface area contributed by atoms with E-state index in [9.17, 15) is 13.2 Å². The van der Waals surface area contributed by atoms with E-state index in [0.29, 0.717) is 27.5 Å². The molecule has 0 saturated carbocycles. The fourth-order valence-corrected chi connectivity index (χ4v) is 5.17. The maximum absolute atomic E-state index is 13.3. The van der Waals surface area contributed by atoms with Crippen molar-refractivity contribution in [3.8, 4) is 5.75 Å². The van der Waals surface area contributed by atoms with Gasteiger partial charge in [0, 0.05) is 0 Å². The van der Waals surface area contributed by atoms with Crippen LogP contribution in [0.1, 0.15) is 6.92 Å². The molecule has 1 aromatic heterocycles. The maximum atomic E-state index is 13.3. The van der Waals surface area contributed by atoms with Gasteiger partial charge in [0.2, 0.25) is 11.0 Å². The lowest BCUT2D eigenvalue weighted by Crippen LogP contribution is -2.38. The van der Waals surface area contributed by atoms with E-state index < -0.39 is 22.5 Å². The van der Waals surface area contributed by atoms with Crippen LogP contribution in [0.15, 0.2) is 63.8 Å². The highest BCUT2D eigenvalue weighted by Gasteiger charge is 2.27. The van der Waals surface area contributed by atoms with Crippen LogP contribution in [0.3, 0.4) is 0 Å². The van der Waals surface area contributed by atoms with Crippen LogP contribution in [0.5, 0.6) is 5.75 Å². The summed E-state index contributed by atoms with van der Waals surface area (Å²) in [6.07, 6.45) is 1.85. The van der Waals surface area contributed by atoms with Gasteiger partial charge in [0.05, 0.1) is 17.2 Å². The molecule has 11 heteroatoms. The largest absolute Gasteiger partial charge is 0.494 e. The molecule has 3 rings (SSSR count). The smallest absolute Gasteiger partial charge is 0.264 e. The third kappa shape index (κ3) is 5.29. The van der Waals surface area contributed by atoms with Gasteiger partial charge < -0.3 is 4.74 Å². The molecule has 0 aliphatic heterocycles. The highest BCUT2D eigenvalue weighted by atomic mass is 32.2. The lowest BCUT2D eigenvalue weighted by Gasteiger charge is -2.24. The van der Waals surface area contributed by atoms with Gasteiger partial charge in [0.25, 0.3) is 10.0 Å². The summed E-state index contributed by atoms with van der Waals surface area (Å²) in [6.45, 7) is 1.94. The number of sulfonamides is 1. The molecule has 8 nitrogen and oxygen atoms in total. The SMILES string of the molecule is CCOc1ccc(N(CC(=O)Nc2nnc(SC)s2)S(=O)(=O)c2ccccc2)cc1. The number of carbonyl (C=O) groups is 1. The molecule has 0 fully saturated rings. The van der Waals surface area contributed by atoms with Crippen molar-refractivity contribution in [3.63, 3.8) is 0 Å². The number of carbonyl (C=O) groups excluding carboxylic acids is 1. The second-order valence-electron chi connectivity index (χ2n) is 5.88. The predicted molar refractivity (Wildman–Crippen MR) is 119 cm³/mol. The number of rotatable bonds is 9. The van der Waals surface area contributed by atoms with Gasteiger partial charge in [-0.25, -0.2) is 8.42 Å². The Hall–Kier alpha value is -2.63. The third-order valence-corrected chi connectivity index (χ3v) is 7.48. The molecule has 0 spiro atoms. The molecule has 0 atom stereocenters. The number of hydrogen-bond acceptors (Lipinski definition) is 8. The first-order valence-electron chi connectivity index (χ1n) is 8.92. The molecule has 0 radical (unpaired) electrons. The zero-order valence-electron chi connectivity index (χ0n) is 16.3. The first-order chi connectivity index (χ1) is 14.4. The molecule has 158 valence electrons. The van der Waals surface area contributed by atoms with E-state index in [-0.39, 0.29) is 4.90 Å². The van der Waals surface area contributed by atoms with Crippen LogP contribution in [0, 0.1) is 0 Å². The quantitative estimate of drug-likeness (QED) is 0.382. The van der Waals surface area contributed by atoms with Gasteiger partial charge in [-0.15, -0.1) is 10.2 Å².